The van der Waals surface area contributed by atoms with Gasteiger partial charge in [0.05, 0.1) is 0 Å². The molecule has 0 amide bonds. The van der Waals surface area contributed by atoms with Gasteiger partial charge in [-0.2, -0.15) is 5.10 Å². The fourth-order valence-electron chi connectivity index (χ4n) is 3.33. The van der Waals surface area contributed by atoms with Crippen LogP contribution in [0.4, 0.5) is 0 Å². The fraction of sp³-hybridized carbons (Fsp3) is 0.562. The van der Waals surface area contributed by atoms with E-state index in [-0.39, 0.29) is 0 Å². The lowest BCUT2D eigenvalue weighted by Crippen LogP contribution is -2.41. The molecule has 2 N–H and O–H groups in total. The van der Waals surface area contributed by atoms with E-state index >= 15 is 0 Å². The molecule has 0 radical (unpaired) electrons. The average molecular weight is 317 g/mol. The number of H-pyrrole nitrogens is 1. The maximum atomic E-state index is 5.36. The SMILES string of the molecule is CCCC(C)c1[nH]nc2ncc3c(c12)CCN(C(=S)NC)C3. The summed E-state index contributed by atoms with van der Waals surface area (Å²) < 4.78 is 0. The minimum Gasteiger partial charge on any atom is -0.366 e. The molecule has 22 heavy (non-hydrogen) atoms. The summed E-state index contributed by atoms with van der Waals surface area (Å²) in [6, 6.07) is 0. The highest BCUT2D eigenvalue weighted by molar-refractivity contribution is 7.80. The first-order valence-electron chi connectivity index (χ1n) is 7.97. The second-order valence-corrected chi connectivity index (χ2v) is 6.40. The molecule has 1 atom stereocenters. The minimum absolute atomic E-state index is 0.486. The molecule has 3 heterocycles. The number of nitrogens with zero attached hydrogens (tertiary/aromatic N) is 3. The first kappa shape index (κ1) is 15.2. The Bertz CT molecular complexity index is 693. The number of rotatable bonds is 3. The summed E-state index contributed by atoms with van der Waals surface area (Å²) in [6.07, 6.45) is 5.28. The number of pyridine rings is 1. The molecule has 0 saturated heterocycles. The quantitative estimate of drug-likeness (QED) is 0.853. The van der Waals surface area contributed by atoms with Crippen LogP contribution in [0.2, 0.25) is 0 Å². The lowest BCUT2D eigenvalue weighted by Gasteiger charge is -2.30. The summed E-state index contributed by atoms with van der Waals surface area (Å²) in [6.45, 7) is 6.25. The van der Waals surface area contributed by atoms with Crippen molar-refractivity contribution < 1.29 is 0 Å². The summed E-state index contributed by atoms with van der Waals surface area (Å²) in [7, 11) is 1.87. The molecule has 0 spiro atoms. The summed E-state index contributed by atoms with van der Waals surface area (Å²) in [4.78, 5) is 6.74. The van der Waals surface area contributed by atoms with Crippen molar-refractivity contribution in [1.82, 2.24) is 25.4 Å². The topological polar surface area (TPSA) is 56.8 Å². The van der Waals surface area contributed by atoms with Crippen molar-refractivity contribution >= 4 is 28.4 Å². The van der Waals surface area contributed by atoms with Gasteiger partial charge in [0.1, 0.15) is 0 Å². The minimum atomic E-state index is 0.486. The third-order valence-electron chi connectivity index (χ3n) is 4.52. The van der Waals surface area contributed by atoms with Crippen LogP contribution in [0, 0.1) is 0 Å². The van der Waals surface area contributed by atoms with Gasteiger partial charge in [-0.25, -0.2) is 4.98 Å². The Kier molecular flexibility index (Phi) is 4.29. The smallest absolute Gasteiger partial charge is 0.181 e. The second-order valence-electron chi connectivity index (χ2n) is 6.01. The van der Waals surface area contributed by atoms with Crippen molar-refractivity contribution in [2.45, 2.75) is 45.6 Å². The van der Waals surface area contributed by atoms with Crippen LogP contribution in [0.25, 0.3) is 11.0 Å². The first-order chi connectivity index (χ1) is 10.7. The molecule has 5 nitrogen and oxygen atoms in total. The molecule has 118 valence electrons. The highest BCUT2D eigenvalue weighted by Gasteiger charge is 2.24. The number of aromatic amines is 1. The molecule has 1 unspecified atom stereocenters. The molecular formula is C16H23N5S. The molecule has 2 aromatic rings. The summed E-state index contributed by atoms with van der Waals surface area (Å²) in [5.41, 5.74) is 4.75. The number of thiocarbonyl (C=S) groups is 1. The Balaban J connectivity index is 2.01. The second kappa shape index (κ2) is 6.20. The predicted molar refractivity (Wildman–Crippen MR) is 93.0 cm³/mol. The Labute approximate surface area is 136 Å². The first-order valence-corrected chi connectivity index (χ1v) is 8.37. The number of hydrogen-bond donors (Lipinski definition) is 2. The molecule has 0 saturated carbocycles. The van der Waals surface area contributed by atoms with Crippen LogP contribution < -0.4 is 5.32 Å². The zero-order valence-electron chi connectivity index (χ0n) is 13.4. The van der Waals surface area contributed by atoms with E-state index in [2.05, 4.69) is 39.2 Å². The fourth-order valence-corrected chi connectivity index (χ4v) is 3.49. The van der Waals surface area contributed by atoms with E-state index in [9.17, 15) is 0 Å². The summed E-state index contributed by atoms with van der Waals surface area (Å²) >= 11 is 5.36. The van der Waals surface area contributed by atoms with Gasteiger partial charge in [-0.15, -0.1) is 0 Å². The van der Waals surface area contributed by atoms with Gasteiger partial charge in [-0.1, -0.05) is 20.3 Å². The van der Waals surface area contributed by atoms with Crippen LogP contribution >= 0.6 is 12.2 Å². The van der Waals surface area contributed by atoms with Crippen LogP contribution in [-0.2, 0) is 13.0 Å². The summed E-state index contributed by atoms with van der Waals surface area (Å²) in [5.74, 6) is 0.486. The third-order valence-corrected chi connectivity index (χ3v) is 4.98. The molecule has 3 rings (SSSR count). The Morgan fingerprint density at radius 3 is 3.09 bits per heavy atom. The van der Waals surface area contributed by atoms with Gasteiger partial charge in [0.15, 0.2) is 10.8 Å². The van der Waals surface area contributed by atoms with E-state index < -0.39 is 0 Å². The highest BCUT2D eigenvalue weighted by atomic mass is 32.1. The molecule has 1 aliphatic rings. The molecule has 0 aromatic carbocycles. The van der Waals surface area contributed by atoms with Gasteiger partial charge in [0, 0.05) is 37.4 Å². The third kappa shape index (κ3) is 2.56. The molecular weight excluding hydrogens is 294 g/mol. The Morgan fingerprint density at radius 2 is 2.36 bits per heavy atom. The summed E-state index contributed by atoms with van der Waals surface area (Å²) in [5, 5.41) is 12.8. The maximum absolute atomic E-state index is 5.36. The zero-order valence-corrected chi connectivity index (χ0v) is 14.3. The van der Waals surface area contributed by atoms with E-state index in [1.54, 1.807) is 0 Å². The highest BCUT2D eigenvalue weighted by Crippen LogP contribution is 2.32. The Morgan fingerprint density at radius 1 is 1.55 bits per heavy atom. The molecule has 1 aliphatic heterocycles. The zero-order chi connectivity index (χ0) is 15.7. The number of fused-ring (bicyclic) bond motifs is 3. The van der Waals surface area contributed by atoms with Crippen LogP contribution in [0.3, 0.4) is 0 Å². The van der Waals surface area contributed by atoms with Gasteiger partial charge in [-0.05, 0) is 42.1 Å². The van der Waals surface area contributed by atoms with Crippen LogP contribution in [0.5, 0.6) is 0 Å². The lowest BCUT2D eigenvalue weighted by atomic mass is 9.93. The van der Waals surface area contributed by atoms with Crippen molar-refractivity contribution in [3.8, 4) is 0 Å². The standard InChI is InChI=1S/C16H23N5S/c1-4-5-10(2)14-13-12-6-7-21(16(22)17-3)9-11(12)8-18-15(13)20-19-14/h8,10H,4-7,9H2,1-3H3,(H,17,22)(H,18,19,20). The van der Waals surface area contributed by atoms with Gasteiger partial charge >= 0.3 is 0 Å². The van der Waals surface area contributed by atoms with E-state index in [1.165, 1.54) is 28.6 Å². The van der Waals surface area contributed by atoms with Crippen LogP contribution in [0.1, 0.15) is 49.4 Å². The van der Waals surface area contributed by atoms with Crippen molar-refractivity contribution in [2.75, 3.05) is 13.6 Å². The average Bonchev–Trinajstić information content (AvgIpc) is 2.98. The van der Waals surface area contributed by atoms with Crippen molar-refractivity contribution in [1.29, 1.82) is 0 Å². The van der Waals surface area contributed by atoms with Crippen LogP contribution in [0.15, 0.2) is 6.20 Å². The van der Waals surface area contributed by atoms with Crippen molar-refractivity contribution in [3.05, 3.63) is 23.0 Å². The van der Waals surface area contributed by atoms with Crippen LogP contribution in [-0.4, -0.2) is 38.8 Å². The van der Waals surface area contributed by atoms with Gasteiger partial charge < -0.3 is 10.2 Å². The number of aromatic nitrogens is 3. The predicted octanol–water partition coefficient (Wildman–Crippen LogP) is 2.72. The largest absolute Gasteiger partial charge is 0.366 e. The van der Waals surface area contributed by atoms with E-state index in [0.717, 1.165) is 36.7 Å². The molecule has 0 bridgehead atoms. The van der Waals surface area contributed by atoms with Gasteiger partial charge in [0.25, 0.3) is 0 Å². The molecule has 2 aromatic heterocycles. The van der Waals surface area contributed by atoms with E-state index in [0.29, 0.717) is 5.92 Å². The molecule has 6 heteroatoms. The van der Waals surface area contributed by atoms with Crippen molar-refractivity contribution in [3.63, 3.8) is 0 Å². The Hall–Kier alpha value is -1.69. The van der Waals surface area contributed by atoms with E-state index in [1.807, 2.05) is 13.2 Å². The number of hydrogen-bond acceptors (Lipinski definition) is 3. The van der Waals surface area contributed by atoms with Gasteiger partial charge in [0.2, 0.25) is 0 Å². The van der Waals surface area contributed by atoms with Crippen molar-refractivity contribution in [2.24, 2.45) is 0 Å². The normalized spacial score (nSPS) is 15.7. The monoisotopic (exact) mass is 317 g/mol. The lowest BCUT2D eigenvalue weighted by molar-refractivity contribution is 0.391. The molecule has 0 fully saturated rings. The van der Waals surface area contributed by atoms with E-state index in [4.69, 9.17) is 12.2 Å². The van der Waals surface area contributed by atoms with Gasteiger partial charge in [-0.3, -0.25) is 5.10 Å². The maximum Gasteiger partial charge on any atom is 0.181 e. The molecule has 0 aliphatic carbocycles. The number of nitrogens with one attached hydrogen (secondary N) is 2.